The minimum atomic E-state index is -1.10. The van der Waals surface area contributed by atoms with E-state index in [4.69, 9.17) is 9.84 Å². The maximum atomic E-state index is 10.9. The van der Waals surface area contributed by atoms with Crippen LogP contribution in [0.15, 0.2) is 36.4 Å². The zero-order chi connectivity index (χ0) is 13.7. The second-order valence-corrected chi connectivity index (χ2v) is 3.71. The molecule has 6 heteroatoms. The Hall–Kier alpha value is -2.63. The van der Waals surface area contributed by atoms with Crippen LogP contribution in [0.2, 0.25) is 0 Å². The summed E-state index contributed by atoms with van der Waals surface area (Å²) in [5, 5.41) is 11.7. The van der Waals surface area contributed by atoms with Crippen LogP contribution in [0.5, 0.6) is 5.75 Å². The fourth-order valence-corrected chi connectivity index (χ4v) is 1.46. The van der Waals surface area contributed by atoms with Gasteiger partial charge >= 0.3 is 5.97 Å². The van der Waals surface area contributed by atoms with Crippen molar-refractivity contribution < 1.29 is 14.6 Å². The van der Waals surface area contributed by atoms with Gasteiger partial charge in [-0.25, -0.2) is 14.8 Å². The van der Waals surface area contributed by atoms with E-state index in [-0.39, 0.29) is 12.3 Å². The molecule has 0 radical (unpaired) electrons. The molecule has 0 amide bonds. The summed E-state index contributed by atoms with van der Waals surface area (Å²) in [6, 6.07) is 10.6. The first-order valence-corrected chi connectivity index (χ1v) is 5.66. The molecule has 1 heterocycles. The molecule has 0 aliphatic rings. The molecule has 2 rings (SSSR count). The second kappa shape index (κ2) is 5.81. The van der Waals surface area contributed by atoms with Crippen molar-refractivity contribution in [2.45, 2.75) is 6.61 Å². The van der Waals surface area contributed by atoms with E-state index in [1.807, 2.05) is 18.2 Å². The van der Waals surface area contributed by atoms with E-state index < -0.39 is 5.97 Å². The van der Waals surface area contributed by atoms with Gasteiger partial charge in [0.2, 0.25) is 0 Å². The van der Waals surface area contributed by atoms with Gasteiger partial charge in [-0.1, -0.05) is 18.2 Å². The molecule has 98 valence electrons. The Morgan fingerprint density at radius 2 is 2.05 bits per heavy atom. The standard InChI is InChI=1S/C13H13N3O3/c1-14-11-7-10(13(17)18)15-12(16-11)8-19-9-5-3-2-4-6-9/h2-7H,8H2,1H3,(H,17,18)(H,14,15,16). The smallest absolute Gasteiger partial charge is 0.354 e. The summed E-state index contributed by atoms with van der Waals surface area (Å²) < 4.78 is 5.48. The second-order valence-electron chi connectivity index (χ2n) is 3.71. The minimum absolute atomic E-state index is 0.0639. The van der Waals surface area contributed by atoms with E-state index in [1.54, 1.807) is 19.2 Å². The molecular formula is C13H13N3O3. The highest BCUT2D eigenvalue weighted by Gasteiger charge is 2.10. The quantitative estimate of drug-likeness (QED) is 0.851. The fraction of sp³-hybridized carbons (Fsp3) is 0.154. The normalized spacial score (nSPS) is 9.95. The molecule has 6 nitrogen and oxygen atoms in total. The van der Waals surface area contributed by atoms with Crippen molar-refractivity contribution in [3.05, 3.63) is 47.9 Å². The molecule has 0 aliphatic heterocycles. The number of hydrogen-bond donors (Lipinski definition) is 2. The van der Waals surface area contributed by atoms with Gasteiger partial charge in [0.15, 0.2) is 11.5 Å². The number of para-hydroxylation sites is 1. The molecule has 0 saturated heterocycles. The van der Waals surface area contributed by atoms with Crippen LogP contribution in [0.4, 0.5) is 5.82 Å². The lowest BCUT2D eigenvalue weighted by molar-refractivity contribution is 0.0689. The van der Waals surface area contributed by atoms with Gasteiger partial charge in [-0.2, -0.15) is 0 Å². The van der Waals surface area contributed by atoms with Crippen LogP contribution in [0, 0.1) is 0 Å². The lowest BCUT2D eigenvalue weighted by Gasteiger charge is -2.07. The van der Waals surface area contributed by atoms with Crippen molar-refractivity contribution in [1.82, 2.24) is 9.97 Å². The Bertz CT molecular complexity index is 573. The molecular weight excluding hydrogens is 246 g/mol. The van der Waals surface area contributed by atoms with Gasteiger partial charge in [-0.3, -0.25) is 0 Å². The molecule has 0 saturated carbocycles. The van der Waals surface area contributed by atoms with Crippen molar-refractivity contribution in [2.75, 3.05) is 12.4 Å². The van der Waals surface area contributed by atoms with Crippen LogP contribution in [0.25, 0.3) is 0 Å². The lowest BCUT2D eigenvalue weighted by Crippen LogP contribution is -2.10. The van der Waals surface area contributed by atoms with Crippen molar-refractivity contribution in [3.63, 3.8) is 0 Å². The molecule has 0 unspecified atom stereocenters. The number of aromatic carboxylic acids is 1. The summed E-state index contributed by atoms with van der Waals surface area (Å²) >= 11 is 0. The molecule has 0 aliphatic carbocycles. The number of carboxylic acids is 1. The Morgan fingerprint density at radius 1 is 1.32 bits per heavy atom. The van der Waals surface area contributed by atoms with Crippen LogP contribution < -0.4 is 10.1 Å². The Morgan fingerprint density at radius 3 is 2.68 bits per heavy atom. The molecule has 2 N–H and O–H groups in total. The van der Waals surface area contributed by atoms with Crippen LogP contribution in [0.1, 0.15) is 16.3 Å². The third-order valence-corrected chi connectivity index (χ3v) is 2.36. The number of hydrogen-bond acceptors (Lipinski definition) is 5. The summed E-state index contributed by atoms with van der Waals surface area (Å²) in [6.07, 6.45) is 0. The van der Waals surface area contributed by atoms with Crippen molar-refractivity contribution in [2.24, 2.45) is 0 Å². The monoisotopic (exact) mass is 259 g/mol. The lowest BCUT2D eigenvalue weighted by atomic mass is 10.3. The summed E-state index contributed by atoms with van der Waals surface area (Å²) in [5.41, 5.74) is -0.0639. The highest BCUT2D eigenvalue weighted by atomic mass is 16.5. The number of carbonyl (C=O) groups is 1. The number of nitrogens with zero attached hydrogens (tertiary/aromatic N) is 2. The van der Waals surface area contributed by atoms with E-state index >= 15 is 0 Å². The molecule has 0 spiro atoms. The fourth-order valence-electron chi connectivity index (χ4n) is 1.46. The molecule has 1 aromatic heterocycles. The number of anilines is 1. The topological polar surface area (TPSA) is 84.3 Å². The van der Waals surface area contributed by atoms with Gasteiger partial charge in [0.1, 0.15) is 18.2 Å². The predicted octanol–water partition coefficient (Wildman–Crippen LogP) is 1.80. The highest BCUT2D eigenvalue weighted by molar-refractivity contribution is 5.86. The van der Waals surface area contributed by atoms with Gasteiger partial charge in [-0.05, 0) is 12.1 Å². The third kappa shape index (κ3) is 3.41. The van der Waals surface area contributed by atoms with Crippen LogP contribution in [-0.4, -0.2) is 28.1 Å². The Labute approximate surface area is 110 Å². The largest absolute Gasteiger partial charge is 0.486 e. The van der Waals surface area contributed by atoms with Crippen molar-refractivity contribution in [1.29, 1.82) is 0 Å². The minimum Gasteiger partial charge on any atom is -0.486 e. The molecule has 0 fully saturated rings. The van der Waals surface area contributed by atoms with Crippen LogP contribution >= 0.6 is 0 Å². The van der Waals surface area contributed by atoms with Crippen molar-refractivity contribution in [3.8, 4) is 5.75 Å². The summed E-state index contributed by atoms with van der Waals surface area (Å²) in [5.74, 6) is 0.338. The number of nitrogens with one attached hydrogen (secondary N) is 1. The molecule has 19 heavy (non-hydrogen) atoms. The SMILES string of the molecule is CNc1cc(C(=O)O)nc(COc2ccccc2)n1. The Kier molecular flexibility index (Phi) is 3.92. The van der Waals surface area contributed by atoms with E-state index in [2.05, 4.69) is 15.3 Å². The summed E-state index contributed by atoms with van der Waals surface area (Å²) in [6.45, 7) is 0.111. The number of carboxylic acid groups (broad SMARTS) is 1. The first-order chi connectivity index (χ1) is 9.19. The maximum Gasteiger partial charge on any atom is 0.354 e. The van der Waals surface area contributed by atoms with Gasteiger partial charge in [-0.15, -0.1) is 0 Å². The number of ether oxygens (including phenoxy) is 1. The van der Waals surface area contributed by atoms with Gasteiger partial charge in [0, 0.05) is 13.1 Å². The zero-order valence-corrected chi connectivity index (χ0v) is 10.3. The molecule has 0 atom stereocenters. The Balaban J connectivity index is 2.15. The third-order valence-electron chi connectivity index (χ3n) is 2.36. The van der Waals surface area contributed by atoms with Crippen LogP contribution in [0.3, 0.4) is 0 Å². The summed E-state index contributed by atoms with van der Waals surface area (Å²) in [4.78, 5) is 19.0. The average molecular weight is 259 g/mol. The van der Waals surface area contributed by atoms with Crippen LogP contribution in [-0.2, 0) is 6.61 Å². The number of rotatable bonds is 5. The van der Waals surface area contributed by atoms with Gasteiger partial charge < -0.3 is 15.2 Å². The highest BCUT2D eigenvalue weighted by Crippen LogP contribution is 2.12. The number of aromatic nitrogens is 2. The first kappa shape index (κ1) is 12.8. The summed E-state index contributed by atoms with van der Waals surface area (Å²) in [7, 11) is 1.66. The number of benzene rings is 1. The van der Waals surface area contributed by atoms with E-state index in [1.165, 1.54) is 6.07 Å². The predicted molar refractivity (Wildman–Crippen MR) is 69.3 cm³/mol. The molecule has 2 aromatic rings. The van der Waals surface area contributed by atoms with E-state index in [0.717, 1.165) is 0 Å². The average Bonchev–Trinajstić information content (AvgIpc) is 2.45. The van der Waals surface area contributed by atoms with E-state index in [9.17, 15) is 4.79 Å². The maximum absolute atomic E-state index is 10.9. The van der Waals surface area contributed by atoms with Crippen molar-refractivity contribution >= 4 is 11.8 Å². The first-order valence-electron chi connectivity index (χ1n) is 5.66. The van der Waals surface area contributed by atoms with Gasteiger partial charge in [0.25, 0.3) is 0 Å². The van der Waals surface area contributed by atoms with Gasteiger partial charge in [0.05, 0.1) is 0 Å². The van der Waals surface area contributed by atoms with E-state index in [0.29, 0.717) is 17.4 Å². The zero-order valence-electron chi connectivity index (χ0n) is 10.3. The molecule has 0 bridgehead atoms. The molecule has 1 aromatic carbocycles.